The lowest BCUT2D eigenvalue weighted by molar-refractivity contribution is -0.384. The molecule has 28 heavy (non-hydrogen) atoms. The van der Waals surface area contributed by atoms with E-state index in [0.29, 0.717) is 6.54 Å². The van der Waals surface area contributed by atoms with Gasteiger partial charge in [0, 0.05) is 41.7 Å². The summed E-state index contributed by atoms with van der Waals surface area (Å²) >= 11 is 0. The standard InChI is InChI=1S/C22H18N4O2/c27-26(28)21-13-11-19(12-14-21)23-15-18-16-25(20-9-5-2-6-10-20)24-22(18)17-7-3-1-4-8-17/h1-14,16,23H,15H2. The van der Waals surface area contributed by atoms with Crippen LogP contribution in [0, 0.1) is 10.1 Å². The average molecular weight is 370 g/mol. The Morgan fingerprint density at radius 3 is 2.18 bits per heavy atom. The predicted octanol–water partition coefficient (Wildman–Crippen LogP) is 5.06. The molecule has 0 saturated carbocycles. The molecule has 0 fully saturated rings. The van der Waals surface area contributed by atoms with Crippen molar-refractivity contribution in [2.75, 3.05) is 5.32 Å². The van der Waals surface area contributed by atoms with Crippen molar-refractivity contribution in [3.05, 3.63) is 107 Å². The first-order valence-corrected chi connectivity index (χ1v) is 8.88. The first kappa shape index (κ1) is 17.5. The normalized spacial score (nSPS) is 10.6. The molecule has 0 bridgehead atoms. The molecule has 4 rings (SSSR count). The molecular formula is C22H18N4O2. The molecule has 0 atom stereocenters. The Hall–Kier alpha value is -3.93. The highest BCUT2D eigenvalue weighted by Crippen LogP contribution is 2.25. The summed E-state index contributed by atoms with van der Waals surface area (Å²) in [4.78, 5) is 10.4. The van der Waals surface area contributed by atoms with Crippen LogP contribution in [0.2, 0.25) is 0 Å². The molecule has 0 aliphatic heterocycles. The minimum atomic E-state index is -0.402. The fourth-order valence-corrected chi connectivity index (χ4v) is 2.99. The monoisotopic (exact) mass is 370 g/mol. The molecule has 0 saturated heterocycles. The third-order valence-corrected chi connectivity index (χ3v) is 4.42. The summed E-state index contributed by atoms with van der Waals surface area (Å²) in [7, 11) is 0. The van der Waals surface area contributed by atoms with Crippen LogP contribution < -0.4 is 5.32 Å². The summed E-state index contributed by atoms with van der Waals surface area (Å²) in [6.45, 7) is 0.550. The number of para-hydroxylation sites is 1. The van der Waals surface area contributed by atoms with Crippen LogP contribution in [0.4, 0.5) is 11.4 Å². The number of nitro groups is 1. The van der Waals surface area contributed by atoms with Crippen LogP contribution in [0.3, 0.4) is 0 Å². The Kier molecular flexibility index (Phi) is 4.84. The van der Waals surface area contributed by atoms with Crippen molar-refractivity contribution in [2.45, 2.75) is 6.54 Å². The maximum absolute atomic E-state index is 10.8. The van der Waals surface area contributed by atoms with Gasteiger partial charge in [0.2, 0.25) is 0 Å². The molecule has 1 N–H and O–H groups in total. The number of rotatable bonds is 6. The Labute approximate surface area is 162 Å². The van der Waals surface area contributed by atoms with Crippen LogP contribution in [0.15, 0.2) is 91.1 Å². The van der Waals surface area contributed by atoms with Gasteiger partial charge in [0.1, 0.15) is 0 Å². The Balaban J connectivity index is 1.63. The minimum absolute atomic E-state index is 0.0763. The summed E-state index contributed by atoms with van der Waals surface area (Å²) < 4.78 is 1.87. The van der Waals surface area contributed by atoms with E-state index in [4.69, 9.17) is 5.10 Å². The smallest absolute Gasteiger partial charge is 0.269 e. The van der Waals surface area contributed by atoms with Gasteiger partial charge in [0.15, 0.2) is 0 Å². The van der Waals surface area contributed by atoms with E-state index in [1.165, 1.54) is 12.1 Å². The third kappa shape index (κ3) is 3.76. The summed E-state index contributed by atoms with van der Waals surface area (Å²) in [5.74, 6) is 0. The highest BCUT2D eigenvalue weighted by atomic mass is 16.6. The number of aromatic nitrogens is 2. The Morgan fingerprint density at radius 1 is 0.893 bits per heavy atom. The SMILES string of the molecule is O=[N+]([O-])c1ccc(NCc2cn(-c3ccccc3)nc2-c2ccccc2)cc1. The second kappa shape index (κ2) is 7.75. The number of benzene rings is 3. The molecule has 1 heterocycles. The molecule has 0 unspecified atom stereocenters. The highest BCUT2D eigenvalue weighted by Gasteiger charge is 2.12. The van der Waals surface area contributed by atoms with E-state index < -0.39 is 4.92 Å². The van der Waals surface area contributed by atoms with Crippen LogP contribution in [-0.2, 0) is 6.54 Å². The first-order valence-electron chi connectivity index (χ1n) is 8.88. The minimum Gasteiger partial charge on any atom is -0.381 e. The van der Waals surface area contributed by atoms with E-state index >= 15 is 0 Å². The van der Waals surface area contributed by atoms with E-state index in [0.717, 1.165) is 28.2 Å². The number of nitrogens with zero attached hydrogens (tertiary/aromatic N) is 3. The van der Waals surface area contributed by atoms with Crippen LogP contribution >= 0.6 is 0 Å². The van der Waals surface area contributed by atoms with Crippen molar-refractivity contribution in [3.63, 3.8) is 0 Å². The zero-order chi connectivity index (χ0) is 19.3. The van der Waals surface area contributed by atoms with Gasteiger partial charge in [-0.2, -0.15) is 5.10 Å². The molecule has 4 aromatic rings. The van der Waals surface area contributed by atoms with Gasteiger partial charge in [0.05, 0.1) is 16.3 Å². The largest absolute Gasteiger partial charge is 0.381 e. The zero-order valence-corrected chi connectivity index (χ0v) is 15.0. The highest BCUT2D eigenvalue weighted by molar-refractivity contribution is 5.64. The number of nitrogens with one attached hydrogen (secondary N) is 1. The summed E-state index contributed by atoms with van der Waals surface area (Å²) in [6.07, 6.45) is 2.01. The van der Waals surface area contributed by atoms with E-state index in [9.17, 15) is 10.1 Å². The molecule has 0 aliphatic carbocycles. The maximum Gasteiger partial charge on any atom is 0.269 e. The van der Waals surface area contributed by atoms with Crippen molar-refractivity contribution < 1.29 is 4.92 Å². The number of hydrogen-bond acceptors (Lipinski definition) is 4. The van der Waals surface area contributed by atoms with Crippen molar-refractivity contribution >= 4 is 11.4 Å². The van der Waals surface area contributed by atoms with Crippen LogP contribution in [0.5, 0.6) is 0 Å². The molecular weight excluding hydrogens is 352 g/mol. The zero-order valence-electron chi connectivity index (χ0n) is 15.0. The molecule has 0 aliphatic rings. The topological polar surface area (TPSA) is 73.0 Å². The molecule has 6 nitrogen and oxygen atoms in total. The molecule has 0 spiro atoms. The van der Waals surface area contributed by atoms with Gasteiger partial charge in [-0.3, -0.25) is 10.1 Å². The number of non-ortho nitro benzene ring substituents is 1. The number of nitro benzene ring substituents is 1. The number of hydrogen-bond donors (Lipinski definition) is 1. The second-order valence-electron chi connectivity index (χ2n) is 6.31. The van der Waals surface area contributed by atoms with Gasteiger partial charge < -0.3 is 5.32 Å². The summed E-state index contributed by atoms with van der Waals surface area (Å²) in [5.41, 5.74) is 4.86. The predicted molar refractivity (Wildman–Crippen MR) is 109 cm³/mol. The van der Waals surface area contributed by atoms with E-state index in [-0.39, 0.29) is 5.69 Å². The van der Waals surface area contributed by atoms with Gasteiger partial charge in [-0.15, -0.1) is 0 Å². The molecule has 6 heteroatoms. The molecule has 0 radical (unpaired) electrons. The average Bonchev–Trinajstić information content (AvgIpc) is 3.18. The molecule has 138 valence electrons. The van der Waals surface area contributed by atoms with Crippen molar-refractivity contribution in [1.29, 1.82) is 0 Å². The van der Waals surface area contributed by atoms with Gasteiger partial charge in [-0.1, -0.05) is 48.5 Å². The van der Waals surface area contributed by atoms with Crippen molar-refractivity contribution in [1.82, 2.24) is 9.78 Å². The lowest BCUT2D eigenvalue weighted by Gasteiger charge is -2.06. The molecule has 1 aromatic heterocycles. The van der Waals surface area contributed by atoms with Gasteiger partial charge in [-0.25, -0.2) is 4.68 Å². The first-order chi connectivity index (χ1) is 13.7. The van der Waals surface area contributed by atoms with Crippen molar-refractivity contribution in [2.24, 2.45) is 0 Å². The summed E-state index contributed by atoms with van der Waals surface area (Å²) in [6, 6.07) is 26.4. The van der Waals surface area contributed by atoms with E-state index in [1.54, 1.807) is 12.1 Å². The van der Waals surface area contributed by atoms with Gasteiger partial charge >= 0.3 is 0 Å². The second-order valence-corrected chi connectivity index (χ2v) is 6.31. The lowest BCUT2D eigenvalue weighted by Crippen LogP contribution is -2.00. The quantitative estimate of drug-likeness (QED) is 0.380. The van der Waals surface area contributed by atoms with Crippen LogP contribution in [0.25, 0.3) is 16.9 Å². The fraction of sp³-hybridized carbons (Fsp3) is 0.0455. The Morgan fingerprint density at radius 2 is 1.54 bits per heavy atom. The van der Waals surface area contributed by atoms with Gasteiger partial charge in [-0.05, 0) is 24.3 Å². The lowest BCUT2D eigenvalue weighted by atomic mass is 10.1. The van der Waals surface area contributed by atoms with Crippen LogP contribution in [-0.4, -0.2) is 14.7 Å². The number of anilines is 1. The van der Waals surface area contributed by atoms with Gasteiger partial charge in [0.25, 0.3) is 5.69 Å². The summed E-state index contributed by atoms with van der Waals surface area (Å²) in [5, 5.41) is 18.9. The molecule has 0 amide bonds. The van der Waals surface area contributed by atoms with Crippen LogP contribution in [0.1, 0.15) is 5.56 Å². The third-order valence-electron chi connectivity index (χ3n) is 4.42. The molecule has 3 aromatic carbocycles. The van der Waals surface area contributed by atoms with E-state index in [2.05, 4.69) is 5.32 Å². The Bertz CT molecular complexity index is 1070. The maximum atomic E-state index is 10.8. The fourth-order valence-electron chi connectivity index (χ4n) is 2.99. The van der Waals surface area contributed by atoms with E-state index in [1.807, 2.05) is 71.5 Å². The van der Waals surface area contributed by atoms with Crippen molar-refractivity contribution in [3.8, 4) is 16.9 Å².